The summed E-state index contributed by atoms with van der Waals surface area (Å²) in [5, 5.41) is 8.87. The Hall–Kier alpha value is -1.23. The number of nitriles is 1. The van der Waals surface area contributed by atoms with Crippen molar-refractivity contribution in [1.82, 2.24) is 4.31 Å². The van der Waals surface area contributed by atoms with Crippen LogP contribution in [-0.4, -0.2) is 41.5 Å². The molecule has 1 aliphatic heterocycles. The van der Waals surface area contributed by atoms with E-state index in [-0.39, 0.29) is 18.0 Å². The van der Waals surface area contributed by atoms with Crippen molar-refractivity contribution < 1.29 is 12.6 Å². The minimum absolute atomic E-state index is 0.166. The Morgan fingerprint density at radius 1 is 1.32 bits per heavy atom. The van der Waals surface area contributed by atoms with Crippen LogP contribution in [0.3, 0.4) is 0 Å². The molecule has 5 nitrogen and oxygen atoms in total. The normalized spacial score (nSPS) is 18.1. The van der Waals surface area contributed by atoms with Gasteiger partial charge in [-0.1, -0.05) is 6.07 Å². The first-order valence-electron chi connectivity index (χ1n) is 5.81. The Labute approximate surface area is 115 Å². The fraction of sp³-hybridized carbons (Fsp3) is 0.417. The van der Waals surface area contributed by atoms with Crippen molar-refractivity contribution in [1.29, 1.82) is 5.26 Å². The summed E-state index contributed by atoms with van der Waals surface area (Å²) in [5.41, 5.74) is 0.940. The summed E-state index contributed by atoms with van der Waals surface area (Å²) in [4.78, 5) is 0.166. The Morgan fingerprint density at radius 3 is 2.53 bits per heavy atom. The molecule has 102 valence electrons. The summed E-state index contributed by atoms with van der Waals surface area (Å²) in [5.74, 6) is 0.742. The lowest BCUT2D eigenvalue weighted by molar-refractivity contribution is 0.438. The van der Waals surface area contributed by atoms with Crippen LogP contribution in [0.25, 0.3) is 0 Å². The third-order valence-electron chi connectivity index (χ3n) is 3.07. The van der Waals surface area contributed by atoms with E-state index in [1.54, 1.807) is 19.1 Å². The van der Waals surface area contributed by atoms with Gasteiger partial charge in [0.1, 0.15) is 0 Å². The molecular formula is C12H14N2O3S2. The van der Waals surface area contributed by atoms with Crippen LogP contribution in [0, 0.1) is 18.3 Å². The zero-order valence-corrected chi connectivity index (χ0v) is 12.1. The lowest BCUT2D eigenvalue weighted by Crippen LogP contribution is -2.41. The summed E-state index contributed by atoms with van der Waals surface area (Å²) in [7, 11) is -4.52. The van der Waals surface area contributed by atoms with Crippen LogP contribution in [0.2, 0.25) is 0 Å². The van der Waals surface area contributed by atoms with Gasteiger partial charge in [0.05, 0.1) is 16.5 Å². The molecule has 0 aromatic heterocycles. The summed E-state index contributed by atoms with van der Waals surface area (Å²) in [6.45, 7) is 2.24. The van der Waals surface area contributed by atoms with Gasteiger partial charge in [-0.2, -0.15) is 9.57 Å². The maximum absolute atomic E-state index is 12.5. The highest BCUT2D eigenvalue weighted by Gasteiger charge is 2.29. The highest BCUT2D eigenvalue weighted by atomic mass is 32.2. The monoisotopic (exact) mass is 298 g/mol. The smallest absolute Gasteiger partial charge is 0.243 e. The van der Waals surface area contributed by atoms with Crippen molar-refractivity contribution in [2.45, 2.75) is 11.8 Å². The van der Waals surface area contributed by atoms with Crippen LogP contribution >= 0.6 is 0 Å². The second kappa shape index (κ2) is 5.41. The van der Waals surface area contributed by atoms with E-state index in [2.05, 4.69) is 0 Å². The van der Waals surface area contributed by atoms with Crippen LogP contribution in [0.5, 0.6) is 0 Å². The van der Waals surface area contributed by atoms with Gasteiger partial charge >= 0.3 is 0 Å². The van der Waals surface area contributed by atoms with Gasteiger partial charge < -0.3 is 0 Å². The molecule has 19 heavy (non-hydrogen) atoms. The van der Waals surface area contributed by atoms with Gasteiger partial charge in [0, 0.05) is 35.4 Å². The van der Waals surface area contributed by atoms with Gasteiger partial charge in [-0.05, 0) is 24.6 Å². The second-order valence-corrected chi connectivity index (χ2v) is 7.95. The molecule has 0 amide bonds. The molecule has 0 aliphatic carbocycles. The molecule has 1 fully saturated rings. The Morgan fingerprint density at radius 2 is 1.95 bits per heavy atom. The number of sulfonamides is 1. The highest BCUT2D eigenvalue weighted by Crippen LogP contribution is 2.22. The first kappa shape index (κ1) is 14.2. The number of hydrogen-bond acceptors (Lipinski definition) is 4. The Kier molecular flexibility index (Phi) is 4.04. The largest absolute Gasteiger partial charge is 0.259 e. The van der Waals surface area contributed by atoms with E-state index in [0.717, 1.165) is 0 Å². The first-order chi connectivity index (χ1) is 8.95. The predicted molar refractivity (Wildman–Crippen MR) is 72.5 cm³/mol. The number of aryl methyl sites for hydroxylation is 1. The average molecular weight is 298 g/mol. The second-order valence-electron chi connectivity index (χ2n) is 4.34. The summed E-state index contributed by atoms with van der Waals surface area (Å²) in [6, 6.07) is 6.57. The minimum Gasteiger partial charge on any atom is -0.259 e. The molecule has 1 aromatic rings. The molecule has 0 radical (unpaired) electrons. The molecule has 2 rings (SSSR count). The quantitative estimate of drug-likeness (QED) is 0.802. The molecule has 0 bridgehead atoms. The van der Waals surface area contributed by atoms with Crippen LogP contribution in [0.4, 0.5) is 0 Å². The molecule has 0 saturated carbocycles. The van der Waals surface area contributed by atoms with E-state index in [1.807, 2.05) is 6.07 Å². The van der Waals surface area contributed by atoms with Crippen molar-refractivity contribution >= 4 is 20.8 Å². The average Bonchev–Trinajstić information content (AvgIpc) is 2.39. The predicted octanol–water partition coefficient (Wildman–Crippen LogP) is 0.620. The molecule has 1 heterocycles. The molecule has 0 unspecified atom stereocenters. The maximum atomic E-state index is 12.5. The molecule has 0 spiro atoms. The van der Waals surface area contributed by atoms with Crippen molar-refractivity contribution in [3.05, 3.63) is 29.3 Å². The molecule has 0 atom stereocenters. The summed E-state index contributed by atoms with van der Waals surface area (Å²) >= 11 is 0. The van der Waals surface area contributed by atoms with E-state index >= 15 is 0 Å². The SMILES string of the molecule is Cc1ccc(C#N)cc1S(=O)(=O)N1CCS(=O)CC1. The van der Waals surface area contributed by atoms with Gasteiger partial charge in [0.2, 0.25) is 10.0 Å². The molecule has 0 N–H and O–H groups in total. The number of nitrogens with zero attached hydrogens (tertiary/aromatic N) is 2. The third kappa shape index (κ3) is 2.86. The number of benzene rings is 1. The topological polar surface area (TPSA) is 78.2 Å². The molecular weight excluding hydrogens is 284 g/mol. The standard InChI is InChI=1S/C12H14N2O3S2/c1-10-2-3-11(9-13)8-12(10)19(16,17)14-4-6-18(15)7-5-14/h2-3,8H,4-7H2,1H3. The lowest BCUT2D eigenvalue weighted by atomic mass is 10.2. The van der Waals surface area contributed by atoms with E-state index in [1.165, 1.54) is 10.4 Å². The summed E-state index contributed by atoms with van der Waals surface area (Å²) < 4.78 is 37.6. The molecule has 7 heteroatoms. The number of hydrogen-bond donors (Lipinski definition) is 0. The van der Waals surface area contributed by atoms with Crippen LogP contribution < -0.4 is 0 Å². The first-order valence-corrected chi connectivity index (χ1v) is 8.74. The van der Waals surface area contributed by atoms with Gasteiger partial charge in [-0.25, -0.2) is 8.42 Å². The Balaban J connectivity index is 2.40. The zero-order valence-electron chi connectivity index (χ0n) is 10.5. The maximum Gasteiger partial charge on any atom is 0.243 e. The van der Waals surface area contributed by atoms with E-state index < -0.39 is 20.8 Å². The van der Waals surface area contributed by atoms with Crippen LogP contribution in [-0.2, 0) is 20.8 Å². The molecule has 1 aliphatic rings. The van der Waals surface area contributed by atoms with Crippen LogP contribution in [0.1, 0.15) is 11.1 Å². The Bertz CT molecular complexity index is 652. The van der Waals surface area contributed by atoms with Gasteiger partial charge in [0.15, 0.2) is 0 Å². The van der Waals surface area contributed by atoms with Crippen LogP contribution in [0.15, 0.2) is 23.1 Å². The zero-order chi connectivity index (χ0) is 14.0. The van der Waals surface area contributed by atoms with Crippen molar-refractivity contribution in [2.75, 3.05) is 24.6 Å². The fourth-order valence-corrected chi connectivity index (χ4v) is 4.92. The van der Waals surface area contributed by atoms with Crippen molar-refractivity contribution in [2.24, 2.45) is 0 Å². The lowest BCUT2D eigenvalue weighted by Gasteiger charge is -2.26. The van der Waals surface area contributed by atoms with Gasteiger partial charge in [-0.3, -0.25) is 4.21 Å². The van der Waals surface area contributed by atoms with Crippen molar-refractivity contribution in [3.63, 3.8) is 0 Å². The molecule has 1 aromatic carbocycles. The third-order valence-corrected chi connectivity index (χ3v) is 6.39. The minimum atomic E-state index is -3.60. The van der Waals surface area contributed by atoms with E-state index in [9.17, 15) is 12.6 Å². The summed E-state index contributed by atoms with van der Waals surface area (Å²) in [6.07, 6.45) is 0. The van der Waals surface area contributed by atoms with Gasteiger partial charge in [0.25, 0.3) is 0 Å². The highest BCUT2D eigenvalue weighted by molar-refractivity contribution is 7.89. The fourth-order valence-electron chi connectivity index (χ4n) is 1.95. The number of rotatable bonds is 2. The molecule has 1 saturated heterocycles. The van der Waals surface area contributed by atoms with Gasteiger partial charge in [-0.15, -0.1) is 0 Å². The van der Waals surface area contributed by atoms with E-state index in [0.29, 0.717) is 22.6 Å². The van der Waals surface area contributed by atoms with Crippen molar-refractivity contribution in [3.8, 4) is 6.07 Å². The van der Waals surface area contributed by atoms with E-state index in [4.69, 9.17) is 5.26 Å².